The number of aromatic nitrogens is 1. The number of likely N-dealkylation sites (tertiary alicyclic amines) is 1. The molecule has 1 unspecified atom stereocenters. The molecule has 0 bridgehead atoms. The number of benzene rings is 1. The Balaban J connectivity index is 1.42. The van der Waals surface area contributed by atoms with E-state index < -0.39 is 49.2 Å². The number of carbonyl (C=O) groups excluding carboxylic acids is 3. The van der Waals surface area contributed by atoms with Crippen LogP contribution >= 0.6 is 0 Å². The lowest BCUT2D eigenvalue weighted by Gasteiger charge is -2.19. The van der Waals surface area contributed by atoms with Gasteiger partial charge in [0, 0.05) is 30.4 Å². The average Bonchev–Trinajstić information content (AvgIpc) is 3.17. The molecule has 0 radical (unpaired) electrons. The van der Waals surface area contributed by atoms with Crippen molar-refractivity contribution in [2.75, 3.05) is 30.3 Å². The highest BCUT2D eigenvalue weighted by Gasteiger charge is 2.47. The fourth-order valence-corrected chi connectivity index (χ4v) is 4.05. The monoisotopic (exact) mass is 468 g/mol. The highest BCUT2D eigenvalue weighted by molar-refractivity contribution is 6.09. The van der Waals surface area contributed by atoms with Gasteiger partial charge in [-0.15, -0.1) is 0 Å². The van der Waals surface area contributed by atoms with Crippen molar-refractivity contribution in [3.8, 4) is 6.07 Å². The molecule has 2 aliphatic heterocycles. The molecule has 0 saturated carbocycles. The van der Waals surface area contributed by atoms with Crippen molar-refractivity contribution in [1.29, 1.82) is 5.26 Å². The van der Waals surface area contributed by atoms with E-state index in [1.54, 1.807) is 18.2 Å². The van der Waals surface area contributed by atoms with Crippen molar-refractivity contribution in [2.24, 2.45) is 0 Å². The summed E-state index contributed by atoms with van der Waals surface area (Å²) in [5, 5.41) is 17.3. The Morgan fingerprint density at radius 2 is 2.09 bits per heavy atom. The molecule has 1 atom stereocenters. The van der Waals surface area contributed by atoms with Gasteiger partial charge in [-0.2, -0.15) is 5.26 Å². The maximum atomic E-state index is 13.6. The fourth-order valence-electron chi connectivity index (χ4n) is 4.05. The van der Waals surface area contributed by atoms with Crippen LogP contribution in [0.25, 0.3) is 0 Å². The van der Waals surface area contributed by atoms with E-state index in [1.807, 2.05) is 6.07 Å². The van der Waals surface area contributed by atoms with Crippen LogP contribution < -0.4 is 16.0 Å². The zero-order valence-electron chi connectivity index (χ0n) is 18.1. The number of nitrogens with one attached hydrogen (secondary N) is 3. The quantitative estimate of drug-likeness (QED) is 0.617. The van der Waals surface area contributed by atoms with E-state index >= 15 is 0 Å². The number of nitriles is 1. The third-order valence-corrected chi connectivity index (χ3v) is 5.76. The zero-order chi connectivity index (χ0) is 24.3. The Kier molecular flexibility index (Phi) is 6.40. The molecule has 1 saturated heterocycles. The van der Waals surface area contributed by atoms with Gasteiger partial charge in [0.05, 0.1) is 36.6 Å². The summed E-state index contributed by atoms with van der Waals surface area (Å²) >= 11 is 0. The first-order chi connectivity index (χ1) is 16.3. The molecule has 0 spiro atoms. The van der Waals surface area contributed by atoms with Crippen molar-refractivity contribution in [3.63, 3.8) is 0 Å². The summed E-state index contributed by atoms with van der Waals surface area (Å²) in [6, 6.07) is 7.12. The molecule has 1 aromatic carbocycles. The minimum absolute atomic E-state index is 0.0550. The normalized spacial score (nSPS) is 18.3. The fraction of sp³-hybridized carbons (Fsp3) is 0.348. The molecule has 1 fully saturated rings. The van der Waals surface area contributed by atoms with Crippen molar-refractivity contribution in [1.82, 2.24) is 15.2 Å². The second-order valence-electron chi connectivity index (χ2n) is 8.19. The predicted molar refractivity (Wildman–Crippen MR) is 118 cm³/mol. The van der Waals surface area contributed by atoms with E-state index in [0.717, 1.165) is 35.5 Å². The van der Waals surface area contributed by atoms with Gasteiger partial charge in [0.1, 0.15) is 6.04 Å². The molecule has 3 heterocycles. The number of hydrogen-bond donors (Lipinski definition) is 3. The van der Waals surface area contributed by atoms with Gasteiger partial charge in [0.15, 0.2) is 0 Å². The summed E-state index contributed by atoms with van der Waals surface area (Å²) in [5.74, 6) is -5.06. The summed E-state index contributed by atoms with van der Waals surface area (Å²) < 4.78 is 27.2. The lowest BCUT2D eigenvalue weighted by atomic mass is 10.0. The summed E-state index contributed by atoms with van der Waals surface area (Å²) in [6.07, 6.45) is 3.75. The van der Waals surface area contributed by atoms with Gasteiger partial charge in [-0.3, -0.25) is 19.4 Å². The molecular formula is C23H22F2N6O3. The topological polar surface area (TPSA) is 127 Å². The molecule has 2 aromatic rings. The van der Waals surface area contributed by atoms with Gasteiger partial charge in [-0.1, -0.05) is 0 Å². The number of rotatable bonds is 5. The first-order valence-electron chi connectivity index (χ1n) is 10.7. The SMILES string of the molecule is N#CC1CC(F)(F)CN1C(=O)CNC(=O)c1ccncc1NC(=O)c1ccc2c(c1)CCCN2. The number of hydrogen-bond acceptors (Lipinski definition) is 6. The molecule has 0 aliphatic carbocycles. The average molecular weight is 468 g/mol. The largest absolute Gasteiger partial charge is 0.385 e. The third-order valence-electron chi connectivity index (χ3n) is 5.76. The summed E-state index contributed by atoms with van der Waals surface area (Å²) in [4.78, 5) is 42.5. The number of carbonyl (C=O) groups is 3. The number of fused-ring (bicyclic) bond motifs is 1. The first-order valence-corrected chi connectivity index (χ1v) is 10.7. The molecule has 1 aromatic heterocycles. The Morgan fingerprint density at radius 3 is 2.88 bits per heavy atom. The summed E-state index contributed by atoms with van der Waals surface area (Å²) in [6.45, 7) is -0.556. The highest BCUT2D eigenvalue weighted by Crippen LogP contribution is 2.31. The van der Waals surface area contributed by atoms with Crippen LogP contribution in [0.15, 0.2) is 36.7 Å². The van der Waals surface area contributed by atoms with Gasteiger partial charge < -0.3 is 20.9 Å². The smallest absolute Gasteiger partial charge is 0.268 e. The second kappa shape index (κ2) is 9.43. The van der Waals surface area contributed by atoms with Crippen molar-refractivity contribution >= 4 is 29.1 Å². The van der Waals surface area contributed by atoms with Crippen LogP contribution in [0.3, 0.4) is 0 Å². The van der Waals surface area contributed by atoms with E-state index in [1.165, 1.54) is 18.5 Å². The molecule has 34 heavy (non-hydrogen) atoms. The molecule has 176 valence electrons. The van der Waals surface area contributed by atoms with Gasteiger partial charge in [0.25, 0.3) is 17.7 Å². The standard InChI is InChI=1S/C23H22F2N6O3/c24-23(25)9-16(10-26)31(13-23)20(32)12-29-22(34)17-5-7-27-11-19(17)30-21(33)15-3-4-18-14(8-15)2-1-6-28-18/h3-5,7-8,11,16,28H,1-2,6,9,12-13H2,(H,29,34)(H,30,33). The van der Waals surface area contributed by atoms with Crippen LogP contribution in [0.2, 0.25) is 0 Å². The van der Waals surface area contributed by atoms with Gasteiger partial charge >= 0.3 is 0 Å². The van der Waals surface area contributed by atoms with Crippen LogP contribution in [-0.4, -0.2) is 59.2 Å². The highest BCUT2D eigenvalue weighted by atomic mass is 19.3. The molecule has 2 aliphatic rings. The van der Waals surface area contributed by atoms with Gasteiger partial charge in [-0.05, 0) is 42.7 Å². The van der Waals surface area contributed by atoms with Crippen LogP contribution in [0.5, 0.6) is 0 Å². The van der Waals surface area contributed by atoms with E-state index in [9.17, 15) is 23.2 Å². The van der Waals surface area contributed by atoms with E-state index in [0.29, 0.717) is 5.56 Å². The van der Waals surface area contributed by atoms with Gasteiger partial charge in [-0.25, -0.2) is 8.78 Å². The Bertz CT molecular complexity index is 1180. The van der Waals surface area contributed by atoms with E-state index in [2.05, 4.69) is 20.9 Å². The van der Waals surface area contributed by atoms with Crippen LogP contribution in [-0.2, 0) is 11.2 Å². The van der Waals surface area contributed by atoms with Crippen LogP contribution in [0, 0.1) is 11.3 Å². The van der Waals surface area contributed by atoms with Crippen LogP contribution in [0.1, 0.15) is 39.1 Å². The molecule has 9 nitrogen and oxygen atoms in total. The Morgan fingerprint density at radius 1 is 1.26 bits per heavy atom. The Labute approximate surface area is 194 Å². The molecule has 4 rings (SSSR count). The van der Waals surface area contributed by atoms with Crippen molar-refractivity contribution in [2.45, 2.75) is 31.2 Å². The second-order valence-corrected chi connectivity index (χ2v) is 8.19. The number of halogens is 2. The molecule has 3 N–H and O–H groups in total. The summed E-state index contributed by atoms with van der Waals surface area (Å²) in [5.41, 5.74) is 2.63. The van der Waals surface area contributed by atoms with Gasteiger partial charge in [0.2, 0.25) is 5.91 Å². The third kappa shape index (κ3) is 4.96. The zero-order valence-corrected chi connectivity index (χ0v) is 18.1. The number of pyridine rings is 1. The first kappa shape index (κ1) is 23.1. The maximum Gasteiger partial charge on any atom is 0.268 e. The number of nitrogens with zero attached hydrogens (tertiary/aromatic N) is 3. The van der Waals surface area contributed by atoms with E-state index in [-0.39, 0.29) is 11.3 Å². The lowest BCUT2D eigenvalue weighted by Crippen LogP contribution is -2.43. The lowest BCUT2D eigenvalue weighted by molar-refractivity contribution is -0.131. The molecule has 11 heteroatoms. The molecular weight excluding hydrogens is 446 g/mol. The predicted octanol–water partition coefficient (Wildman–Crippen LogP) is 2.18. The number of anilines is 2. The van der Waals surface area contributed by atoms with Crippen molar-refractivity contribution < 1.29 is 23.2 Å². The minimum atomic E-state index is -3.14. The summed E-state index contributed by atoms with van der Waals surface area (Å²) in [7, 11) is 0. The Hall–Kier alpha value is -4.07. The van der Waals surface area contributed by atoms with Crippen molar-refractivity contribution in [3.05, 3.63) is 53.3 Å². The van der Waals surface area contributed by atoms with E-state index in [4.69, 9.17) is 5.26 Å². The number of aryl methyl sites for hydroxylation is 1. The molecule has 3 amide bonds. The maximum absolute atomic E-state index is 13.6. The number of alkyl halides is 2. The minimum Gasteiger partial charge on any atom is -0.385 e. The van der Waals surface area contributed by atoms with Crippen LogP contribution in [0.4, 0.5) is 20.2 Å². The number of amides is 3.